The van der Waals surface area contributed by atoms with Crippen molar-refractivity contribution >= 4 is 17.7 Å². The van der Waals surface area contributed by atoms with Gasteiger partial charge in [0.25, 0.3) is 0 Å². The fourth-order valence-electron chi connectivity index (χ4n) is 2.85. The average molecular weight is 292 g/mol. The molecular formula is C15H24N4O2. The number of carboxylic acids is 1. The third-order valence-electron chi connectivity index (χ3n) is 4.36. The van der Waals surface area contributed by atoms with Gasteiger partial charge in [-0.1, -0.05) is 13.3 Å². The van der Waals surface area contributed by atoms with Crippen LogP contribution >= 0.6 is 0 Å². The Hall–Kier alpha value is -1.85. The Morgan fingerprint density at radius 1 is 1.48 bits per heavy atom. The molecule has 0 saturated heterocycles. The molecule has 1 aromatic rings. The number of nitrogens with zero attached hydrogens (tertiary/aromatic N) is 3. The van der Waals surface area contributed by atoms with E-state index in [9.17, 15) is 9.90 Å². The van der Waals surface area contributed by atoms with Crippen LogP contribution in [0.15, 0.2) is 12.3 Å². The SMILES string of the molecule is CCC1CCC(Nc2ccnc(N(C)C)n2)(C(=O)O)CC1. The number of rotatable bonds is 5. The zero-order valence-corrected chi connectivity index (χ0v) is 13.0. The molecule has 6 nitrogen and oxygen atoms in total. The molecule has 6 heteroatoms. The van der Waals surface area contributed by atoms with Crippen LogP contribution in [0.5, 0.6) is 0 Å². The third-order valence-corrected chi connectivity index (χ3v) is 4.36. The molecule has 0 amide bonds. The molecule has 0 bridgehead atoms. The second-order valence-corrected chi connectivity index (χ2v) is 6.00. The zero-order valence-electron chi connectivity index (χ0n) is 13.0. The predicted octanol–water partition coefficient (Wildman–Crippen LogP) is 2.38. The first-order chi connectivity index (χ1) is 9.97. The molecule has 2 rings (SSSR count). The number of carboxylic acid groups (broad SMARTS) is 1. The molecule has 1 heterocycles. The molecule has 0 radical (unpaired) electrons. The smallest absolute Gasteiger partial charge is 0.329 e. The molecule has 0 aromatic carbocycles. The monoisotopic (exact) mass is 292 g/mol. The van der Waals surface area contributed by atoms with Gasteiger partial charge in [-0.2, -0.15) is 4.98 Å². The van der Waals surface area contributed by atoms with Gasteiger partial charge in [0, 0.05) is 20.3 Å². The van der Waals surface area contributed by atoms with Gasteiger partial charge in [0.05, 0.1) is 0 Å². The first-order valence-electron chi connectivity index (χ1n) is 7.49. The maximum absolute atomic E-state index is 11.8. The molecule has 1 fully saturated rings. The number of aromatic nitrogens is 2. The van der Waals surface area contributed by atoms with Gasteiger partial charge < -0.3 is 15.3 Å². The van der Waals surface area contributed by atoms with E-state index in [-0.39, 0.29) is 0 Å². The van der Waals surface area contributed by atoms with Crippen molar-refractivity contribution in [3.8, 4) is 0 Å². The molecule has 1 aliphatic rings. The summed E-state index contributed by atoms with van der Waals surface area (Å²) >= 11 is 0. The Bertz CT molecular complexity index is 496. The van der Waals surface area contributed by atoms with Crippen LogP contribution in [0.4, 0.5) is 11.8 Å². The second-order valence-electron chi connectivity index (χ2n) is 6.00. The van der Waals surface area contributed by atoms with Crippen molar-refractivity contribution in [2.75, 3.05) is 24.3 Å². The minimum Gasteiger partial charge on any atom is -0.480 e. The number of aliphatic carboxylic acids is 1. The van der Waals surface area contributed by atoms with Gasteiger partial charge in [0.1, 0.15) is 11.4 Å². The molecule has 21 heavy (non-hydrogen) atoms. The summed E-state index contributed by atoms with van der Waals surface area (Å²) in [5.74, 6) is 0.998. The number of hydrogen-bond acceptors (Lipinski definition) is 5. The van der Waals surface area contributed by atoms with E-state index in [1.165, 1.54) is 0 Å². The van der Waals surface area contributed by atoms with Crippen LogP contribution in [0.1, 0.15) is 39.0 Å². The Morgan fingerprint density at radius 2 is 2.14 bits per heavy atom. The lowest BCUT2D eigenvalue weighted by atomic mass is 9.75. The van der Waals surface area contributed by atoms with Crippen LogP contribution in [0.25, 0.3) is 0 Å². The molecule has 1 aliphatic carbocycles. The van der Waals surface area contributed by atoms with Gasteiger partial charge >= 0.3 is 5.97 Å². The van der Waals surface area contributed by atoms with Gasteiger partial charge in [-0.25, -0.2) is 9.78 Å². The van der Waals surface area contributed by atoms with Gasteiger partial charge in [-0.15, -0.1) is 0 Å². The van der Waals surface area contributed by atoms with Crippen LogP contribution in [0, 0.1) is 5.92 Å². The van der Waals surface area contributed by atoms with E-state index in [1.54, 1.807) is 17.2 Å². The molecule has 1 aromatic heterocycles. The molecular weight excluding hydrogens is 268 g/mol. The average Bonchev–Trinajstić information content (AvgIpc) is 2.48. The fraction of sp³-hybridized carbons (Fsp3) is 0.667. The highest BCUT2D eigenvalue weighted by Gasteiger charge is 2.42. The molecule has 0 atom stereocenters. The maximum Gasteiger partial charge on any atom is 0.329 e. The largest absolute Gasteiger partial charge is 0.480 e. The van der Waals surface area contributed by atoms with Crippen molar-refractivity contribution in [2.24, 2.45) is 5.92 Å². The van der Waals surface area contributed by atoms with E-state index >= 15 is 0 Å². The first kappa shape index (κ1) is 15.5. The highest BCUT2D eigenvalue weighted by atomic mass is 16.4. The minimum atomic E-state index is -0.899. The molecule has 116 valence electrons. The van der Waals surface area contributed by atoms with Crippen LogP contribution in [-0.2, 0) is 4.79 Å². The Labute approximate surface area is 125 Å². The van der Waals surface area contributed by atoms with Crippen molar-refractivity contribution in [2.45, 2.75) is 44.6 Å². The Morgan fingerprint density at radius 3 is 2.67 bits per heavy atom. The van der Waals surface area contributed by atoms with Crippen LogP contribution in [0.3, 0.4) is 0 Å². The molecule has 1 saturated carbocycles. The number of anilines is 2. The van der Waals surface area contributed by atoms with Gasteiger partial charge in [0.15, 0.2) is 0 Å². The summed E-state index contributed by atoms with van der Waals surface area (Å²) in [6, 6.07) is 1.73. The topological polar surface area (TPSA) is 78.4 Å². The van der Waals surface area contributed by atoms with Gasteiger partial charge in [-0.05, 0) is 37.7 Å². The standard InChI is InChI=1S/C15H24N4O2/c1-4-11-5-8-15(9-6-11,13(20)21)18-12-7-10-16-14(17-12)19(2)3/h7,10-11H,4-6,8-9H2,1-3H3,(H,20,21)(H,16,17,18). The summed E-state index contributed by atoms with van der Waals surface area (Å²) in [5, 5.41) is 12.8. The lowest BCUT2D eigenvalue weighted by Gasteiger charge is -2.37. The summed E-state index contributed by atoms with van der Waals surface area (Å²) in [4.78, 5) is 22.1. The van der Waals surface area contributed by atoms with Crippen molar-refractivity contribution in [3.63, 3.8) is 0 Å². The number of carbonyl (C=O) groups is 1. The predicted molar refractivity (Wildman–Crippen MR) is 82.6 cm³/mol. The highest BCUT2D eigenvalue weighted by molar-refractivity contribution is 5.82. The molecule has 2 N–H and O–H groups in total. The first-order valence-corrected chi connectivity index (χ1v) is 7.49. The van der Waals surface area contributed by atoms with Crippen molar-refractivity contribution < 1.29 is 9.90 Å². The van der Waals surface area contributed by atoms with Crippen LogP contribution < -0.4 is 10.2 Å². The van der Waals surface area contributed by atoms with Gasteiger partial charge in [0.2, 0.25) is 5.95 Å². The quantitative estimate of drug-likeness (QED) is 0.867. The van der Waals surface area contributed by atoms with Crippen molar-refractivity contribution in [1.29, 1.82) is 0 Å². The summed E-state index contributed by atoms with van der Waals surface area (Å²) in [7, 11) is 3.72. The number of nitrogens with one attached hydrogen (secondary N) is 1. The molecule has 0 unspecified atom stereocenters. The summed E-state index contributed by atoms with van der Waals surface area (Å²) < 4.78 is 0. The van der Waals surface area contributed by atoms with Crippen molar-refractivity contribution in [1.82, 2.24) is 9.97 Å². The summed E-state index contributed by atoms with van der Waals surface area (Å²) in [6.07, 6.45) is 5.94. The lowest BCUT2D eigenvalue weighted by Crippen LogP contribution is -2.49. The van der Waals surface area contributed by atoms with Crippen molar-refractivity contribution in [3.05, 3.63) is 12.3 Å². The van der Waals surface area contributed by atoms with Gasteiger partial charge in [-0.3, -0.25) is 0 Å². The van der Waals surface area contributed by atoms with E-state index in [0.717, 1.165) is 19.3 Å². The Balaban J connectivity index is 2.17. The normalized spacial score (nSPS) is 25.4. The zero-order chi connectivity index (χ0) is 15.5. The summed E-state index contributed by atoms with van der Waals surface area (Å²) in [6.45, 7) is 2.17. The van der Waals surface area contributed by atoms with E-state index in [1.807, 2.05) is 14.1 Å². The van der Waals surface area contributed by atoms with Crippen LogP contribution in [-0.4, -0.2) is 40.7 Å². The third kappa shape index (κ3) is 3.43. The van der Waals surface area contributed by atoms with Crippen LogP contribution in [0.2, 0.25) is 0 Å². The van der Waals surface area contributed by atoms with E-state index < -0.39 is 11.5 Å². The second kappa shape index (κ2) is 6.28. The van der Waals surface area contributed by atoms with E-state index in [4.69, 9.17) is 0 Å². The fourth-order valence-corrected chi connectivity index (χ4v) is 2.85. The molecule has 0 aliphatic heterocycles. The maximum atomic E-state index is 11.8. The molecule has 0 spiro atoms. The van der Waals surface area contributed by atoms with E-state index in [2.05, 4.69) is 22.2 Å². The van der Waals surface area contributed by atoms with E-state index in [0.29, 0.717) is 30.5 Å². The highest BCUT2D eigenvalue weighted by Crippen LogP contribution is 2.36. The lowest BCUT2D eigenvalue weighted by molar-refractivity contribution is -0.143. The summed E-state index contributed by atoms with van der Waals surface area (Å²) in [5.41, 5.74) is -0.899. The number of hydrogen-bond donors (Lipinski definition) is 2. The Kier molecular flexibility index (Phi) is 4.65. The minimum absolute atomic E-state index is 0.572.